The van der Waals surface area contributed by atoms with E-state index < -0.39 is 15.9 Å². The molecule has 0 radical (unpaired) electrons. The summed E-state index contributed by atoms with van der Waals surface area (Å²) in [6.07, 6.45) is 0.923. The van der Waals surface area contributed by atoms with Crippen LogP contribution in [0.1, 0.15) is 27.2 Å². The van der Waals surface area contributed by atoms with Gasteiger partial charge in [0.2, 0.25) is 0 Å². The molecule has 1 atom stereocenters. The second-order valence-corrected chi connectivity index (χ2v) is 15.5. The van der Waals surface area contributed by atoms with Crippen LogP contribution in [0.4, 0.5) is 0 Å². The zero-order chi connectivity index (χ0) is 16.3. The lowest BCUT2D eigenvalue weighted by Gasteiger charge is -2.52. The summed E-state index contributed by atoms with van der Waals surface area (Å²) >= 11 is 11.8. The summed E-state index contributed by atoms with van der Waals surface area (Å²) in [7, 11) is -4.97. The van der Waals surface area contributed by atoms with Crippen LogP contribution in [0.5, 0.6) is 0 Å². The van der Waals surface area contributed by atoms with Gasteiger partial charge in [0.25, 0.3) is 0 Å². The Morgan fingerprint density at radius 2 is 1.76 bits per heavy atom. The average molecular weight is 375 g/mol. The van der Waals surface area contributed by atoms with Crippen molar-refractivity contribution >= 4 is 39.1 Å². The molecule has 0 aromatic rings. The maximum atomic E-state index is 13.7. The van der Waals surface area contributed by atoms with E-state index >= 15 is 0 Å². The fourth-order valence-electron chi connectivity index (χ4n) is 2.37. The minimum absolute atomic E-state index is 0.108. The van der Waals surface area contributed by atoms with Crippen molar-refractivity contribution in [3.05, 3.63) is 0 Å². The molecule has 0 aromatic carbocycles. The highest BCUT2D eigenvalue weighted by molar-refractivity contribution is 7.56. The summed E-state index contributed by atoms with van der Waals surface area (Å²) in [5.74, 6) is 0.852. The molecule has 21 heavy (non-hydrogen) atoms. The molecule has 0 N–H and O–H groups in total. The van der Waals surface area contributed by atoms with Crippen molar-refractivity contribution in [3.8, 4) is 0 Å². The standard InChI is InChI=1S/C13H29Cl2N2O2PSi/c1-13(2,3)21(4,5)17-9-6-12-19-20(17,18)16(10-7-14)11-8-15/h6-12H2,1-5H3. The van der Waals surface area contributed by atoms with Crippen LogP contribution >= 0.6 is 30.9 Å². The molecular formula is C13H29Cl2N2O2PSi. The molecule has 126 valence electrons. The molecule has 0 saturated carbocycles. The van der Waals surface area contributed by atoms with E-state index in [0.29, 0.717) is 31.5 Å². The summed E-state index contributed by atoms with van der Waals surface area (Å²) in [5, 5.41) is 0.108. The smallest absolute Gasteiger partial charge is 0.306 e. The molecule has 0 amide bonds. The van der Waals surface area contributed by atoms with E-state index in [9.17, 15) is 4.57 Å². The molecule has 1 saturated heterocycles. The van der Waals surface area contributed by atoms with E-state index in [2.05, 4.69) is 38.2 Å². The van der Waals surface area contributed by atoms with Crippen molar-refractivity contribution in [3.63, 3.8) is 0 Å². The van der Waals surface area contributed by atoms with E-state index in [4.69, 9.17) is 27.7 Å². The largest absolute Gasteiger partial charge is 0.339 e. The highest BCUT2D eigenvalue weighted by Crippen LogP contribution is 2.61. The van der Waals surface area contributed by atoms with Crippen molar-refractivity contribution in [1.29, 1.82) is 0 Å². The van der Waals surface area contributed by atoms with Gasteiger partial charge in [0, 0.05) is 31.4 Å². The molecule has 1 aliphatic rings. The fraction of sp³-hybridized carbons (Fsp3) is 1.00. The van der Waals surface area contributed by atoms with E-state index in [1.807, 2.05) is 4.67 Å². The molecule has 1 aliphatic heterocycles. The highest BCUT2D eigenvalue weighted by Gasteiger charge is 2.52. The van der Waals surface area contributed by atoms with Gasteiger partial charge in [0.1, 0.15) is 8.24 Å². The number of nitrogens with zero attached hydrogens (tertiary/aromatic N) is 2. The van der Waals surface area contributed by atoms with Crippen LogP contribution in [-0.4, -0.2) is 55.2 Å². The lowest BCUT2D eigenvalue weighted by Crippen LogP contribution is -2.57. The summed E-state index contributed by atoms with van der Waals surface area (Å²) < 4.78 is 23.6. The molecular weight excluding hydrogens is 346 g/mol. The molecule has 4 nitrogen and oxygen atoms in total. The van der Waals surface area contributed by atoms with Gasteiger partial charge in [-0.25, -0.2) is 9.01 Å². The zero-order valence-electron chi connectivity index (χ0n) is 13.9. The molecule has 8 heteroatoms. The third kappa shape index (κ3) is 4.26. The van der Waals surface area contributed by atoms with Gasteiger partial charge in [-0.1, -0.05) is 33.9 Å². The first-order valence-corrected chi connectivity index (χ1v) is 13.1. The Balaban J connectivity index is 3.18. The first-order chi connectivity index (χ1) is 9.61. The Hall–Kier alpha value is 0.907. The monoisotopic (exact) mass is 374 g/mol. The van der Waals surface area contributed by atoms with E-state index in [-0.39, 0.29) is 5.04 Å². The number of halogens is 2. The van der Waals surface area contributed by atoms with Gasteiger partial charge < -0.3 is 4.52 Å². The van der Waals surface area contributed by atoms with Gasteiger partial charge in [-0.3, -0.25) is 4.57 Å². The summed E-state index contributed by atoms with van der Waals surface area (Å²) in [6.45, 7) is 13.7. The summed E-state index contributed by atoms with van der Waals surface area (Å²) in [6, 6.07) is 0. The first kappa shape index (κ1) is 20.0. The van der Waals surface area contributed by atoms with Crippen LogP contribution in [0, 0.1) is 0 Å². The molecule has 1 rings (SSSR count). The van der Waals surface area contributed by atoms with Gasteiger partial charge in [-0.15, -0.1) is 23.2 Å². The molecule has 0 aromatic heterocycles. The summed E-state index contributed by atoms with van der Waals surface area (Å²) in [4.78, 5) is 0. The molecule has 1 fully saturated rings. The average Bonchev–Trinajstić information content (AvgIpc) is 2.37. The maximum absolute atomic E-state index is 13.7. The third-order valence-electron chi connectivity index (χ3n) is 4.60. The predicted molar refractivity (Wildman–Crippen MR) is 95.1 cm³/mol. The van der Waals surface area contributed by atoms with Gasteiger partial charge >= 0.3 is 7.67 Å². The normalized spacial score (nSPS) is 25.5. The van der Waals surface area contributed by atoms with Crippen LogP contribution < -0.4 is 0 Å². The lowest BCUT2D eigenvalue weighted by atomic mass is 10.2. The van der Waals surface area contributed by atoms with Gasteiger partial charge in [0.05, 0.1) is 6.61 Å². The van der Waals surface area contributed by atoms with Crippen LogP contribution in [-0.2, 0) is 9.09 Å². The Labute approximate surface area is 140 Å². The quantitative estimate of drug-likeness (QED) is 0.386. The van der Waals surface area contributed by atoms with Crippen LogP contribution in [0.3, 0.4) is 0 Å². The van der Waals surface area contributed by atoms with Gasteiger partial charge in [-0.05, 0) is 11.5 Å². The minimum Gasteiger partial charge on any atom is -0.306 e. The van der Waals surface area contributed by atoms with Crippen LogP contribution in [0.25, 0.3) is 0 Å². The van der Waals surface area contributed by atoms with Crippen molar-refractivity contribution < 1.29 is 9.09 Å². The number of hydrogen-bond donors (Lipinski definition) is 0. The lowest BCUT2D eigenvalue weighted by molar-refractivity contribution is 0.196. The van der Waals surface area contributed by atoms with E-state index in [1.54, 1.807) is 0 Å². The number of alkyl halides is 2. The van der Waals surface area contributed by atoms with Crippen molar-refractivity contribution in [2.45, 2.75) is 45.3 Å². The second-order valence-electron chi connectivity index (χ2n) is 6.94. The summed E-state index contributed by atoms with van der Waals surface area (Å²) in [5.41, 5.74) is 0. The van der Waals surface area contributed by atoms with Crippen molar-refractivity contribution in [2.24, 2.45) is 0 Å². The van der Waals surface area contributed by atoms with Gasteiger partial charge in [0.15, 0.2) is 0 Å². The minimum atomic E-state index is -3.03. The predicted octanol–water partition coefficient (Wildman–Crippen LogP) is 4.60. The topological polar surface area (TPSA) is 32.8 Å². The second kappa shape index (κ2) is 7.65. The Morgan fingerprint density at radius 1 is 1.24 bits per heavy atom. The SMILES string of the molecule is CC(C)(C)[Si](C)(C)N1CCCOP1(=O)N(CCCl)CCCl. The number of rotatable bonds is 6. The molecule has 0 aliphatic carbocycles. The molecule has 0 spiro atoms. The maximum Gasteiger partial charge on any atom is 0.339 e. The molecule has 0 bridgehead atoms. The number of hydrogen-bond acceptors (Lipinski definition) is 2. The zero-order valence-corrected chi connectivity index (χ0v) is 17.3. The Morgan fingerprint density at radius 3 is 2.19 bits per heavy atom. The van der Waals surface area contributed by atoms with E-state index in [0.717, 1.165) is 13.0 Å². The first-order valence-electron chi connectivity index (χ1n) is 7.51. The van der Waals surface area contributed by atoms with Crippen LogP contribution in [0.2, 0.25) is 18.1 Å². The molecule has 1 unspecified atom stereocenters. The third-order valence-corrected chi connectivity index (χ3v) is 14.8. The van der Waals surface area contributed by atoms with Crippen LogP contribution in [0.15, 0.2) is 0 Å². The Kier molecular flexibility index (Phi) is 7.27. The van der Waals surface area contributed by atoms with Crippen molar-refractivity contribution in [1.82, 2.24) is 9.01 Å². The highest BCUT2D eigenvalue weighted by atomic mass is 35.5. The van der Waals surface area contributed by atoms with E-state index in [1.165, 1.54) is 0 Å². The Bertz CT molecular complexity index is 385. The van der Waals surface area contributed by atoms with Gasteiger partial charge in [-0.2, -0.15) is 0 Å². The fourth-order valence-corrected chi connectivity index (χ4v) is 10.6. The van der Waals surface area contributed by atoms with Crippen molar-refractivity contribution in [2.75, 3.05) is 38.0 Å². The molecule has 1 heterocycles.